The molecule has 1 aliphatic rings. The molecule has 0 N–H and O–H groups in total. The molecule has 1 saturated heterocycles. The van der Waals surface area contributed by atoms with E-state index < -0.39 is 0 Å². The molecular formula is C19H19BrN2O2. The quantitative estimate of drug-likeness (QED) is 0.627. The molecule has 4 rings (SSSR count). The molecule has 1 unspecified atom stereocenters. The van der Waals surface area contributed by atoms with Crippen molar-refractivity contribution in [2.75, 3.05) is 6.61 Å². The maximum absolute atomic E-state index is 5.97. The number of fused-ring (bicyclic) bond motifs is 1. The van der Waals surface area contributed by atoms with E-state index in [2.05, 4.69) is 39.2 Å². The molecule has 1 aromatic heterocycles. The monoisotopic (exact) mass is 386 g/mol. The minimum absolute atomic E-state index is 0.0410. The molecule has 2 heterocycles. The van der Waals surface area contributed by atoms with E-state index in [1.54, 1.807) is 0 Å². The molecule has 0 bridgehead atoms. The van der Waals surface area contributed by atoms with E-state index in [9.17, 15) is 0 Å². The Morgan fingerprint density at radius 1 is 1.21 bits per heavy atom. The Morgan fingerprint density at radius 2 is 2.08 bits per heavy atom. The SMILES string of the molecule is Brc1cc2c(cnn2C2CCCCO2)cc1OCc1ccccc1. The molecule has 3 aromatic rings. The predicted octanol–water partition coefficient (Wildman–Crippen LogP) is 5.08. The summed E-state index contributed by atoms with van der Waals surface area (Å²) in [6.45, 7) is 1.36. The molecule has 1 aliphatic heterocycles. The number of hydrogen-bond donors (Lipinski definition) is 0. The molecule has 4 nitrogen and oxygen atoms in total. The molecule has 0 spiro atoms. The van der Waals surface area contributed by atoms with Gasteiger partial charge in [0.25, 0.3) is 0 Å². The van der Waals surface area contributed by atoms with Crippen LogP contribution in [0.3, 0.4) is 0 Å². The number of aromatic nitrogens is 2. The summed E-state index contributed by atoms with van der Waals surface area (Å²) in [6.07, 6.45) is 5.26. The maximum atomic E-state index is 5.97. The van der Waals surface area contributed by atoms with Crippen molar-refractivity contribution >= 4 is 26.8 Å². The number of hydrogen-bond acceptors (Lipinski definition) is 3. The van der Waals surface area contributed by atoms with Crippen LogP contribution in [0.15, 0.2) is 53.1 Å². The van der Waals surface area contributed by atoms with Gasteiger partial charge in [-0.1, -0.05) is 30.3 Å². The minimum atomic E-state index is 0.0410. The lowest BCUT2D eigenvalue weighted by Gasteiger charge is -2.23. The molecule has 124 valence electrons. The molecular weight excluding hydrogens is 368 g/mol. The van der Waals surface area contributed by atoms with Crippen LogP contribution < -0.4 is 4.74 Å². The van der Waals surface area contributed by atoms with Gasteiger partial charge in [0.05, 0.1) is 16.2 Å². The van der Waals surface area contributed by atoms with Crippen LogP contribution in [0.5, 0.6) is 5.75 Å². The minimum Gasteiger partial charge on any atom is -0.488 e. The Bertz CT molecular complexity index is 826. The molecule has 0 amide bonds. The number of nitrogens with zero attached hydrogens (tertiary/aromatic N) is 2. The van der Waals surface area contributed by atoms with Crippen LogP contribution in [0.4, 0.5) is 0 Å². The molecule has 1 atom stereocenters. The van der Waals surface area contributed by atoms with E-state index in [1.807, 2.05) is 35.1 Å². The molecule has 1 fully saturated rings. The van der Waals surface area contributed by atoms with Crippen molar-refractivity contribution in [3.05, 3.63) is 58.7 Å². The second-order valence-corrected chi connectivity index (χ2v) is 6.88. The number of benzene rings is 2. The van der Waals surface area contributed by atoms with E-state index >= 15 is 0 Å². The second-order valence-electron chi connectivity index (χ2n) is 6.03. The van der Waals surface area contributed by atoms with Crippen LogP contribution in [-0.4, -0.2) is 16.4 Å². The van der Waals surface area contributed by atoms with Crippen LogP contribution in [0.1, 0.15) is 31.1 Å². The number of ether oxygens (including phenoxy) is 2. The lowest BCUT2D eigenvalue weighted by molar-refractivity contribution is -0.0366. The van der Waals surface area contributed by atoms with Gasteiger partial charge in [-0.3, -0.25) is 0 Å². The van der Waals surface area contributed by atoms with Crippen molar-refractivity contribution in [1.82, 2.24) is 9.78 Å². The summed E-state index contributed by atoms with van der Waals surface area (Å²) in [4.78, 5) is 0. The molecule has 5 heteroatoms. The Hall–Kier alpha value is -1.85. The lowest BCUT2D eigenvalue weighted by atomic mass is 10.2. The fourth-order valence-corrected chi connectivity index (χ4v) is 3.48. The van der Waals surface area contributed by atoms with Gasteiger partial charge >= 0.3 is 0 Å². The average Bonchev–Trinajstić information content (AvgIpc) is 3.04. The van der Waals surface area contributed by atoms with Crippen molar-refractivity contribution in [2.45, 2.75) is 32.1 Å². The molecule has 2 aromatic carbocycles. The van der Waals surface area contributed by atoms with Gasteiger partial charge in [0, 0.05) is 12.0 Å². The van der Waals surface area contributed by atoms with Gasteiger partial charge in [-0.15, -0.1) is 0 Å². The first-order valence-electron chi connectivity index (χ1n) is 8.26. The molecule has 0 aliphatic carbocycles. The Morgan fingerprint density at radius 3 is 2.88 bits per heavy atom. The molecule has 24 heavy (non-hydrogen) atoms. The summed E-state index contributed by atoms with van der Waals surface area (Å²) in [5.41, 5.74) is 2.22. The third-order valence-corrected chi connectivity index (χ3v) is 4.93. The first-order chi connectivity index (χ1) is 11.8. The normalized spacial score (nSPS) is 18.0. The fourth-order valence-electron chi connectivity index (χ4n) is 3.04. The zero-order valence-electron chi connectivity index (χ0n) is 13.3. The smallest absolute Gasteiger partial charge is 0.150 e. The summed E-state index contributed by atoms with van der Waals surface area (Å²) in [5.74, 6) is 0.829. The summed E-state index contributed by atoms with van der Waals surface area (Å²) in [6, 6.07) is 14.3. The summed E-state index contributed by atoms with van der Waals surface area (Å²) in [5, 5.41) is 5.60. The molecule has 0 radical (unpaired) electrons. The number of rotatable bonds is 4. The highest BCUT2D eigenvalue weighted by atomic mass is 79.9. The Labute approximate surface area is 149 Å². The van der Waals surface area contributed by atoms with E-state index in [1.165, 1.54) is 6.42 Å². The largest absolute Gasteiger partial charge is 0.488 e. The first-order valence-corrected chi connectivity index (χ1v) is 9.06. The van der Waals surface area contributed by atoms with Gasteiger partial charge in [0.15, 0.2) is 6.23 Å². The third-order valence-electron chi connectivity index (χ3n) is 4.31. The zero-order valence-corrected chi connectivity index (χ0v) is 14.9. The van der Waals surface area contributed by atoms with Gasteiger partial charge in [-0.2, -0.15) is 5.10 Å². The average molecular weight is 387 g/mol. The van der Waals surface area contributed by atoms with Crippen LogP contribution in [0.2, 0.25) is 0 Å². The zero-order chi connectivity index (χ0) is 16.4. The third kappa shape index (κ3) is 3.19. The van der Waals surface area contributed by atoms with Crippen molar-refractivity contribution < 1.29 is 9.47 Å². The van der Waals surface area contributed by atoms with Crippen molar-refractivity contribution in [3.63, 3.8) is 0 Å². The van der Waals surface area contributed by atoms with Crippen LogP contribution in [0, 0.1) is 0 Å². The molecule has 0 saturated carbocycles. The summed E-state index contributed by atoms with van der Waals surface area (Å²) in [7, 11) is 0. The summed E-state index contributed by atoms with van der Waals surface area (Å²) >= 11 is 3.63. The van der Waals surface area contributed by atoms with Crippen molar-refractivity contribution in [3.8, 4) is 5.75 Å². The maximum Gasteiger partial charge on any atom is 0.150 e. The fraction of sp³-hybridized carbons (Fsp3) is 0.316. The summed E-state index contributed by atoms with van der Waals surface area (Å²) < 4.78 is 14.8. The second kappa shape index (κ2) is 6.95. The van der Waals surface area contributed by atoms with Gasteiger partial charge in [-0.05, 0) is 52.9 Å². The van der Waals surface area contributed by atoms with E-state index in [0.29, 0.717) is 6.61 Å². The number of halogens is 1. The van der Waals surface area contributed by atoms with Crippen LogP contribution in [-0.2, 0) is 11.3 Å². The van der Waals surface area contributed by atoms with Gasteiger partial charge in [0.1, 0.15) is 12.4 Å². The van der Waals surface area contributed by atoms with Crippen molar-refractivity contribution in [1.29, 1.82) is 0 Å². The van der Waals surface area contributed by atoms with Crippen molar-refractivity contribution in [2.24, 2.45) is 0 Å². The van der Waals surface area contributed by atoms with Crippen LogP contribution in [0.25, 0.3) is 10.9 Å². The predicted molar refractivity (Wildman–Crippen MR) is 97.0 cm³/mol. The van der Waals surface area contributed by atoms with E-state index in [0.717, 1.165) is 46.1 Å². The standard InChI is InChI=1S/C19H19BrN2O2/c20-16-11-17-15(12-21-22(17)19-8-4-5-9-23-19)10-18(16)24-13-14-6-2-1-3-7-14/h1-3,6-7,10-12,19H,4-5,8-9,13H2. The highest BCUT2D eigenvalue weighted by molar-refractivity contribution is 9.10. The highest BCUT2D eigenvalue weighted by Crippen LogP contribution is 2.33. The Balaban J connectivity index is 1.58. The Kier molecular flexibility index (Phi) is 4.54. The van der Waals surface area contributed by atoms with E-state index in [-0.39, 0.29) is 6.23 Å². The topological polar surface area (TPSA) is 36.3 Å². The van der Waals surface area contributed by atoms with Gasteiger partial charge in [-0.25, -0.2) is 4.68 Å². The lowest BCUT2D eigenvalue weighted by Crippen LogP contribution is -2.18. The van der Waals surface area contributed by atoms with E-state index in [4.69, 9.17) is 9.47 Å². The van der Waals surface area contributed by atoms with Crippen LogP contribution >= 0.6 is 15.9 Å². The van der Waals surface area contributed by atoms with Gasteiger partial charge in [0.2, 0.25) is 0 Å². The first kappa shape index (κ1) is 15.7. The van der Waals surface area contributed by atoms with Gasteiger partial charge < -0.3 is 9.47 Å². The highest BCUT2D eigenvalue weighted by Gasteiger charge is 2.19.